The third-order valence-electron chi connectivity index (χ3n) is 4.55. The molecule has 5 atom stereocenters. The zero-order valence-corrected chi connectivity index (χ0v) is 19.8. The van der Waals surface area contributed by atoms with E-state index in [-0.39, 0.29) is 18.1 Å². The van der Waals surface area contributed by atoms with Gasteiger partial charge in [-0.05, 0) is 26.0 Å². The SMILES string of the molecule is CC(=O)O[C@H]1[C@H](OC(C)=O)[C@@H](OCCOS(=O)(=O)c2ccc(C)cc2)O[C@@H](C)[C@H]1OC(C)=O. The first-order valence-electron chi connectivity index (χ1n) is 10.2. The lowest BCUT2D eigenvalue weighted by Crippen LogP contribution is -2.61. The summed E-state index contributed by atoms with van der Waals surface area (Å²) < 4.78 is 56.5. The lowest BCUT2D eigenvalue weighted by Gasteiger charge is -2.43. The maximum absolute atomic E-state index is 12.3. The van der Waals surface area contributed by atoms with Gasteiger partial charge in [0.2, 0.25) is 0 Å². The number of hydrogen-bond acceptors (Lipinski definition) is 11. The standard InChI is InChI=1S/C21H28O11S/c1-12-6-8-17(9-7-12)33(25,26)28-11-10-27-21-20(32-16(5)24)19(31-15(4)23)18(13(2)29-21)30-14(3)22/h6-9,13,18-21H,10-11H2,1-5H3/t13-,18+,19+,20-,21-/m0/s1. The number of carbonyl (C=O) groups is 3. The fourth-order valence-electron chi connectivity index (χ4n) is 3.18. The van der Waals surface area contributed by atoms with Crippen LogP contribution in [0, 0.1) is 6.92 Å². The van der Waals surface area contributed by atoms with Crippen molar-refractivity contribution in [3.05, 3.63) is 29.8 Å². The summed E-state index contributed by atoms with van der Waals surface area (Å²) in [6.45, 7) is 6.22. The van der Waals surface area contributed by atoms with Crippen molar-refractivity contribution >= 4 is 28.0 Å². The third-order valence-corrected chi connectivity index (χ3v) is 5.87. The van der Waals surface area contributed by atoms with Gasteiger partial charge in [-0.1, -0.05) is 17.7 Å². The molecule has 1 aliphatic rings. The average Bonchev–Trinajstić information content (AvgIpc) is 2.70. The molecule has 1 saturated heterocycles. The maximum Gasteiger partial charge on any atom is 0.303 e. The van der Waals surface area contributed by atoms with Crippen molar-refractivity contribution in [2.45, 2.75) is 70.2 Å². The second-order valence-electron chi connectivity index (χ2n) is 7.39. The predicted molar refractivity (Wildman–Crippen MR) is 111 cm³/mol. The van der Waals surface area contributed by atoms with Crippen molar-refractivity contribution in [1.29, 1.82) is 0 Å². The number of rotatable bonds is 9. The molecule has 0 amide bonds. The van der Waals surface area contributed by atoms with E-state index in [1.54, 1.807) is 19.1 Å². The second-order valence-corrected chi connectivity index (χ2v) is 9.01. The number of ether oxygens (including phenoxy) is 5. The molecule has 0 N–H and O–H groups in total. The van der Waals surface area contributed by atoms with Gasteiger partial charge in [0.1, 0.15) is 0 Å². The molecule has 1 aliphatic heterocycles. The van der Waals surface area contributed by atoms with Crippen molar-refractivity contribution in [3.8, 4) is 0 Å². The van der Waals surface area contributed by atoms with Crippen molar-refractivity contribution in [2.24, 2.45) is 0 Å². The number of carbonyl (C=O) groups excluding carboxylic acids is 3. The average molecular weight is 489 g/mol. The number of aryl methyl sites for hydroxylation is 1. The minimum atomic E-state index is -4.01. The molecule has 1 aromatic rings. The smallest absolute Gasteiger partial charge is 0.303 e. The summed E-state index contributed by atoms with van der Waals surface area (Å²) in [4.78, 5) is 34.8. The summed E-state index contributed by atoms with van der Waals surface area (Å²) >= 11 is 0. The molecule has 1 fully saturated rings. The number of hydrogen-bond donors (Lipinski definition) is 0. The van der Waals surface area contributed by atoms with Gasteiger partial charge in [-0.2, -0.15) is 8.42 Å². The Morgan fingerprint density at radius 1 is 0.848 bits per heavy atom. The normalized spacial score (nSPS) is 25.2. The first kappa shape index (κ1) is 26.7. The lowest BCUT2D eigenvalue weighted by molar-refractivity contribution is -0.301. The van der Waals surface area contributed by atoms with E-state index in [0.717, 1.165) is 19.4 Å². The Hall–Kier alpha value is -2.54. The second kappa shape index (κ2) is 11.5. The van der Waals surface area contributed by atoms with Crippen LogP contribution in [0.25, 0.3) is 0 Å². The minimum absolute atomic E-state index is 0.00688. The van der Waals surface area contributed by atoms with Crippen molar-refractivity contribution in [1.82, 2.24) is 0 Å². The van der Waals surface area contributed by atoms with Crippen LogP contribution < -0.4 is 0 Å². The Kier molecular flexibility index (Phi) is 9.35. The third kappa shape index (κ3) is 7.77. The Labute approximate surface area is 192 Å². The van der Waals surface area contributed by atoms with Gasteiger partial charge >= 0.3 is 17.9 Å². The van der Waals surface area contributed by atoms with Crippen LogP contribution in [0.1, 0.15) is 33.3 Å². The summed E-state index contributed by atoms with van der Waals surface area (Å²) in [6, 6.07) is 6.13. The molecule has 0 aliphatic carbocycles. The van der Waals surface area contributed by atoms with Crippen LogP contribution in [0.3, 0.4) is 0 Å². The van der Waals surface area contributed by atoms with E-state index in [1.807, 2.05) is 6.92 Å². The zero-order chi connectivity index (χ0) is 24.8. The fourth-order valence-corrected chi connectivity index (χ4v) is 4.08. The fraction of sp³-hybridized carbons (Fsp3) is 0.571. The molecule has 2 rings (SSSR count). The molecule has 0 aromatic heterocycles. The van der Waals surface area contributed by atoms with Crippen LogP contribution in [0.15, 0.2) is 29.2 Å². The van der Waals surface area contributed by atoms with Gasteiger partial charge in [0.15, 0.2) is 24.6 Å². The number of benzene rings is 1. The van der Waals surface area contributed by atoms with Gasteiger partial charge in [-0.25, -0.2) is 0 Å². The van der Waals surface area contributed by atoms with E-state index in [0.29, 0.717) is 0 Å². The van der Waals surface area contributed by atoms with Gasteiger partial charge < -0.3 is 23.7 Å². The van der Waals surface area contributed by atoms with E-state index in [1.165, 1.54) is 19.1 Å². The molecule has 11 nitrogen and oxygen atoms in total. The molecule has 0 radical (unpaired) electrons. The molecule has 1 aromatic carbocycles. The topological polar surface area (TPSA) is 141 Å². The predicted octanol–water partition coefficient (Wildman–Crippen LogP) is 1.26. The minimum Gasteiger partial charge on any atom is -0.456 e. The first-order valence-corrected chi connectivity index (χ1v) is 11.6. The number of esters is 3. The maximum atomic E-state index is 12.3. The molecular formula is C21H28O11S. The summed E-state index contributed by atoms with van der Waals surface area (Å²) in [5.41, 5.74) is 0.895. The highest BCUT2D eigenvalue weighted by molar-refractivity contribution is 7.86. The molecule has 0 unspecified atom stereocenters. The molecule has 0 bridgehead atoms. The van der Waals surface area contributed by atoms with Crippen molar-refractivity contribution < 1.29 is 50.7 Å². The summed E-state index contributed by atoms with van der Waals surface area (Å²) in [5, 5.41) is 0. The first-order chi connectivity index (χ1) is 15.4. The molecule has 1 heterocycles. The quantitative estimate of drug-likeness (QED) is 0.215. The van der Waals surface area contributed by atoms with E-state index in [2.05, 4.69) is 0 Å². The van der Waals surface area contributed by atoms with E-state index >= 15 is 0 Å². The molecule has 12 heteroatoms. The highest BCUT2D eigenvalue weighted by Crippen LogP contribution is 2.29. The lowest BCUT2D eigenvalue weighted by atomic mass is 9.99. The van der Waals surface area contributed by atoms with E-state index in [9.17, 15) is 22.8 Å². The molecule has 0 saturated carbocycles. The largest absolute Gasteiger partial charge is 0.456 e. The highest BCUT2D eigenvalue weighted by Gasteiger charge is 2.50. The van der Waals surface area contributed by atoms with Gasteiger partial charge in [0, 0.05) is 20.8 Å². The van der Waals surface area contributed by atoms with Crippen LogP contribution >= 0.6 is 0 Å². The van der Waals surface area contributed by atoms with Crippen LogP contribution in [-0.2, 0) is 52.4 Å². The van der Waals surface area contributed by atoms with E-state index < -0.39 is 58.7 Å². The van der Waals surface area contributed by atoms with Gasteiger partial charge in [0.25, 0.3) is 10.1 Å². The van der Waals surface area contributed by atoms with Gasteiger partial charge in [-0.15, -0.1) is 0 Å². The van der Waals surface area contributed by atoms with E-state index in [4.69, 9.17) is 27.9 Å². The summed E-state index contributed by atoms with van der Waals surface area (Å²) in [5.74, 6) is -2.07. The Balaban J connectivity index is 2.09. The van der Waals surface area contributed by atoms with Crippen molar-refractivity contribution in [3.63, 3.8) is 0 Å². The molecule has 0 spiro atoms. The molecular weight excluding hydrogens is 460 g/mol. The monoisotopic (exact) mass is 488 g/mol. The van der Waals surface area contributed by atoms with Crippen LogP contribution in [0.2, 0.25) is 0 Å². The Morgan fingerprint density at radius 2 is 1.36 bits per heavy atom. The highest BCUT2D eigenvalue weighted by atomic mass is 32.2. The van der Waals surface area contributed by atoms with Gasteiger partial charge in [0.05, 0.1) is 24.2 Å². The molecule has 33 heavy (non-hydrogen) atoms. The Morgan fingerprint density at radius 3 is 1.91 bits per heavy atom. The Bertz CT molecular complexity index is 941. The van der Waals surface area contributed by atoms with Crippen LogP contribution in [0.4, 0.5) is 0 Å². The van der Waals surface area contributed by atoms with Crippen LogP contribution in [0.5, 0.6) is 0 Å². The summed E-state index contributed by atoms with van der Waals surface area (Å²) in [7, 11) is -4.01. The zero-order valence-electron chi connectivity index (χ0n) is 19.0. The summed E-state index contributed by atoms with van der Waals surface area (Å²) in [6.07, 6.45) is -5.59. The molecule has 184 valence electrons. The van der Waals surface area contributed by atoms with Crippen LogP contribution in [-0.4, -0.2) is 70.2 Å². The van der Waals surface area contributed by atoms with Gasteiger partial charge in [-0.3, -0.25) is 18.6 Å². The van der Waals surface area contributed by atoms with Crippen molar-refractivity contribution in [2.75, 3.05) is 13.2 Å².